The van der Waals surface area contributed by atoms with Gasteiger partial charge in [0.2, 0.25) is 5.28 Å². The summed E-state index contributed by atoms with van der Waals surface area (Å²) in [5, 5.41) is 11.2. The van der Waals surface area contributed by atoms with Crippen LogP contribution in [0.25, 0.3) is 11.0 Å². The summed E-state index contributed by atoms with van der Waals surface area (Å²) in [7, 11) is 0. The summed E-state index contributed by atoms with van der Waals surface area (Å²) in [6.45, 7) is 8.61. The summed E-state index contributed by atoms with van der Waals surface area (Å²) in [5.74, 6) is 0.719. The molecule has 0 aromatic carbocycles. The first kappa shape index (κ1) is 12.1. The van der Waals surface area contributed by atoms with Crippen molar-refractivity contribution in [2.75, 3.05) is 5.32 Å². The van der Waals surface area contributed by atoms with Crippen LogP contribution >= 0.6 is 11.6 Å². The zero-order valence-electron chi connectivity index (χ0n) is 10.4. The van der Waals surface area contributed by atoms with E-state index in [0.29, 0.717) is 5.65 Å². The Labute approximate surface area is 105 Å². The third kappa shape index (κ3) is 2.49. The highest BCUT2D eigenvalue weighted by atomic mass is 35.5. The lowest BCUT2D eigenvalue weighted by Gasteiger charge is -2.28. The number of hydrogen-bond donors (Lipinski definition) is 2. The van der Waals surface area contributed by atoms with Crippen molar-refractivity contribution in [3.05, 3.63) is 11.5 Å². The molecule has 5 nitrogen and oxygen atoms in total. The lowest BCUT2D eigenvalue weighted by Crippen LogP contribution is -2.31. The SMILES string of the molecule is CC(Nc1nc(Cl)nc2[nH]ncc12)C(C)(C)C. The number of halogens is 1. The van der Waals surface area contributed by atoms with Gasteiger partial charge in [0.1, 0.15) is 5.82 Å². The van der Waals surface area contributed by atoms with Crippen LogP contribution < -0.4 is 5.32 Å². The molecule has 0 radical (unpaired) electrons. The molecule has 2 aromatic rings. The van der Waals surface area contributed by atoms with E-state index in [-0.39, 0.29) is 16.7 Å². The van der Waals surface area contributed by atoms with Gasteiger partial charge in [0, 0.05) is 6.04 Å². The summed E-state index contributed by atoms with van der Waals surface area (Å²) < 4.78 is 0. The minimum absolute atomic E-state index is 0.132. The molecule has 1 unspecified atom stereocenters. The maximum atomic E-state index is 5.87. The van der Waals surface area contributed by atoms with Gasteiger partial charge in [0.25, 0.3) is 0 Å². The van der Waals surface area contributed by atoms with Crippen molar-refractivity contribution < 1.29 is 0 Å². The second-order valence-electron chi connectivity index (χ2n) is 5.21. The molecule has 0 saturated heterocycles. The van der Waals surface area contributed by atoms with E-state index in [2.05, 4.69) is 53.2 Å². The number of nitrogens with zero attached hydrogens (tertiary/aromatic N) is 3. The molecule has 0 amide bonds. The minimum atomic E-state index is 0.132. The predicted molar refractivity (Wildman–Crippen MR) is 69.2 cm³/mol. The molecule has 2 heterocycles. The van der Waals surface area contributed by atoms with Crippen molar-refractivity contribution >= 4 is 28.5 Å². The number of aromatic amines is 1. The highest BCUT2D eigenvalue weighted by Gasteiger charge is 2.21. The molecule has 17 heavy (non-hydrogen) atoms. The van der Waals surface area contributed by atoms with Crippen LogP contribution in [0.5, 0.6) is 0 Å². The number of rotatable bonds is 2. The molecule has 0 aliphatic rings. The third-order valence-electron chi connectivity index (χ3n) is 2.93. The van der Waals surface area contributed by atoms with Crippen LogP contribution in [0, 0.1) is 5.41 Å². The second-order valence-corrected chi connectivity index (χ2v) is 5.54. The molecule has 6 heteroatoms. The Kier molecular flexibility index (Phi) is 2.95. The van der Waals surface area contributed by atoms with Crippen molar-refractivity contribution in [3.63, 3.8) is 0 Å². The van der Waals surface area contributed by atoms with Gasteiger partial charge in [0.05, 0.1) is 11.6 Å². The van der Waals surface area contributed by atoms with Crippen LogP contribution in [0.2, 0.25) is 5.28 Å². The summed E-state index contributed by atoms with van der Waals surface area (Å²) in [4.78, 5) is 8.27. The monoisotopic (exact) mass is 253 g/mol. The molecule has 92 valence electrons. The van der Waals surface area contributed by atoms with E-state index in [1.807, 2.05) is 0 Å². The first-order chi connectivity index (χ1) is 7.88. The highest BCUT2D eigenvalue weighted by molar-refractivity contribution is 6.28. The van der Waals surface area contributed by atoms with E-state index >= 15 is 0 Å². The van der Waals surface area contributed by atoms with E-state index in [1.54, 1.807) is 6.20 Å². The lowest BCUT2D eigenvalue weighted by molar-refractivity contribution is 0.359. The van der Waals surface area contributed by atoms with E-state index < -0.39 is 0 Å². The fraction of sp³-hybridized carbons (Fsp3) is 0.545. The number of aromatic nitrogens is 4. The van der Waals surface area contributed by atoms with Gasteiger partial charge in [0.15, 0.2) is 5.65 Å². The van der Waals surface area contributed by atoms with Crippen LogP contribution in [-0.2, 0) is 0 Å². The number of H-pyrrole nitrogens is 1. The molecule has 0 aliphatic carbocycles. The maximum Gasteiger partial charge on any atom is 0.226 e. The highest BCUT2D eigenvalue weighted by Crippen LogP contribution is 2.26. The van der Waals surface area contributed by atoms with Gasteiger partial charge in [-0.05, 0) is 23.9 Å². The van der Waals surface area contributed by atoms with Gasteiger partial charge in [-0.1, -0.05) is 20.8 Å². The van der Waals surface area contributed by atoms with Crippen molar-refractivity contribution in [1.82, 2.24) is 20.2 Å². The molecule has 0 saturated carbocycles. The standard InChI is InChI=1S/C11H16ClN5/c1-6(11(2,3)4)14-8-7-5-13-17-9(7)16-10(12)15-8/h5-6H,1-4H3,(H2,13,14,15,16,17). The van der Waals surface area contributed by atoms with E-state index in [0.717, 1.165) is 11.2 Å². The molecular formula is C11H16ClN5. The first-order valence-corrected chi connectivity index (χ1v) is 5.89. The Morgan fingerprint density at radius 1 is 1.35 bits per heavy atom. The lowest BCUT2D eigenvalue weighted by atomic mass is 9.88. The van der Waals surface area contributed by atoms with Crippen molar-refractivity contribution in [2.45, 2.75) is 33.7 Å². The molecular weight excluding hydrogens is 238 g/mol. The van der Waals surface area contributed by atoms with Gasteiger partial charge in [-0.15, -0.1) is 0 Å². The van der Waals surface area contributed by atoms with Gasteiger partial charge in [-0.3, -0.25) is 5.10 Å². The molecule has 0 bridgehead atoms. The largest absolute Gasteiger partial charge is 0.366 e. The van der Waals surface area contributed by atoms with Crippen molar-refractivity contribution in [1.29, 1.82) is 0 Å². The molecule has 2 N–H and O–H groups in total. The molecule has 0 spiro atoms. The Balaban J connectivity index is 2.38. The minimum Gasteiger partial charge on any atom is -0.366 e. The zero-order valence-corrected chi connectivity index (χ0v) is 11.1. The molecule has 0 fully saturated rings. The average Bonchev–Trinajstić information content (AvgIpc) is 2.63. The Hall–Kier alpha value is -1.36. The summed E-state index contributed by atoms with van der Waals surface area (Å²) >= 11 is 5.87. The van der Waals surface area contributed by atoms with Gasteiger partial charge in [-0.2, -0.15) is 15.1 Å². The summed E-state index contributed by atoms with van der Waals surface area (Å²) in [5.41, 5.74) is 0.779. The van der Waals surface area contributed by atoms with Gasteiger partial charge < -0.3 is 5.32 Å². The number of hydrogen-bond acceptors (Lipinski definition) is 4. The summed E-state index contributed by atoms with van der Waals surface area (Å²) in [6.07, 6.45) is 1.70. The Bertz CT molecular complexity index is 528. The van der Waals surface area contributed by atoms with Crippen molar-refractivity contribution in [3.8, 4) is 0 Å². The first-order valence-electron chi connectivity index (χ1n) is 5.51. The van der Waals surface area contributed by atoms with Gasteiger partial charge in [-0.25, -0.2) is 0 Å². The molecule has 2 rings (SSSR count). The van der Waals surface area contributed by atoms with Crippen LogP contribution in [0.15, 0.2) is 6.20 Å². The summed E-state index contributed by atoms with van der Waals surface area (Å²) in [6, 6.07) is 0.256. The fourth-order valence-corrected chi connectivity index (χ4v) is 1.51. The molecule has 2 aromatic heterocycles. The van der Waals surface area contributed by atoms with Gasteiger partial charge >= 0.3 is 0 Å². The topological polar surface area (TPSA) is 66.5 Å². The van der Waals surface area contributed by atoms with Crippen molar-refractivity contribution in [2.24, 2.45) is 5.41 Å². The fourth-order valence-electron chi connectivity index (χ4n) is 1.34. The van der Waals surface area contributed by atoms with Crippen LogP contribution in [-0.4, -0.2) is 26.2 Å². The number of fused-ring (bicyclic) bond motifs is 1. The Morgan fingerprint density at radius 3 is 2.71 bits per heavy atom. The molecule has 0 aliphatic heterocycles. The Morgan fingerprint density at radius 2 is 2.06 bits per heavy atom. The van der Waals surface area contributed by atoms with E-state index in [9.17, 15) is 0 Å². The predicted octanol–water partition coefficient (Wildman–Crippen LogP) is 2.85. The number of nitrogens with one attached hydrogen (secondary N) is 2. The molecule has 1 atom stereocenters. The van der Waals surface area contributed by atoms with Crippen LogP contribution in [0.3, 0.4) is 0 Å². The average molecular weight is 254 g/mol. The second kappa shape index (κ2) is 4.14. The van der Waals surface area contributed by atoms with E-state index in [4.69, 9.17) is 11.6 Å². The number of anilines is 1. The van der Waals surface area contributed by atoms with Crippen LogP contribution in [0.1, 0.15) is 27.7 Å². The quantitative estimate of drug-likeness (QED) is 0.808. The third-order valence-corrected chi connectivity index (χ3v) is 3.10. The van der Waals surface area contributed by atoms with E-state index in [1.165, 1.54) is 0 Å². The normalized spacial score (nSPS) is 13.9. The zero-order chi connectivity index (χ0) is 12.6. The van der Waals surface area contributed by atoms with Crippen LogP contribution in [0.4, 0.5) is 5.82 Å². The maximum absolute atomic E-state index is 5.87. The smallest absolute Gasteiger partial charge is 0.226 e.